The zero-order chi connectivity index (χ0) is 16.1. The average molecular weight is 304 g/mol. The van der Waals surface area contributed by atoms with E-state index in [4.69, 9.17) is 0 Å². The lowest BCUT2D eigenvalue weighted by Gasteiger charge is -2.20. The smallest absolute Gasteiger partial charge is 0.0157 e. The highest BCUT2D eigenvalue weighted by Crippen LogP contribution is 2.34. The van der Waals surface area contributed by atoms with Crippen LogP contribution in [0.3, 0.4) is 0 Å². The molecule has 0 aliphatic heterocycles. The summed E-state index contributed by atoms with van der Waals surface area (Å²) in [5, 5.41) is 0. The zero-order valence-electron chi connectivity index (χ0n) is 14.4. The molecule has 0 aromatic rings. The van der Waals surface area contributed by atoms with Crippen molar-refractivity contribution >= 4 is 0 Å². The summed E-state index contributed by atoms with van der Waals surface area (Å²) < 4.78 is 0. The van der Waals surface area contributed by atoms with Crippen LogP contribution < -0.4 is 0 Å². The first-order valence-electron chi connectivity index (χ1n) is 9.02. The first-order valence-corrected chi connectivity index (χ1v) is 9.02. The van der Waals surface area contributed by atoms with Crippen molar-refractivity contribution in [2.75, 3.05) is 0 Å². The molecule has 0 radical (unpaired) electrons. The molecule has 0 amide bonds. The quantitative estimate of drug-likeness (QED) is 0.526. The lowest BCUT2D eigenvalue weighted by Crippen LogP contribution is -2.02. The van der Waals surface area contributed by atoms with Crippen LogP contribution in [0.2, 0.25) is 0 Å². The van der Waals surface area contributed by atoms with E-state index in [1.54, 1.807) is 0 Å². The van der Waals surface area contributed by atoms with Crippen LogP contribution >= 0.6 is 0 Å². The molecule has 0 heterocycles. The summed E-state index contributed by atoms with van der Waals surface area (Å²) in [5.74, 6) is 0.733. The molecule has 3 aliphatic rings. The second-order valence-corrected chi connectivity index (χ2v) is 6.98. The van der Waals surface area contributed by atoms with Crippen molar-refractivity contribution in [3.63, 3.8) is 0 Å². The van der Waals surface area contributed by atoms with E-state index < -0.39 is 0 Å². The molecule has 1 atom stereocenters. The molecular weight excluding hydrogens is 276 g/mol. The Morgan fingerprint density at radius 3 is 3.00 bits per heavy atom. The van der Waals surface area contributed by atoms with Gasteiger partial charge in [0.05, 0.1) is 0 Å². The molecule has 0 aromatic carbocycles. The molecule has 1 unspecified atom stereocenters. The molecule has 0 aromatic heterocycles. The summed E-state index contributed by atoms with van der Waals surface area (Å²) in [4.78, 5) is 0. The van der Waals surface area contributed by atoms with Crippen LogP contribution in [0.4, 0.5) is 0 Å². The minimum Gasteiger partial charge on any atom is -0.0956 e. The van der Waals surface area contributed by atoms with Crippen LogP contribution in [0.5, 0.6) is 0 Å². The fourth-order valence-corrected chi connectivity index (χ4v) is 3.60. The normalized spacial score (nSPS) is 23.3. The lowest BCUT2D eigenvalue weighted by atomic mass is 9.85. The van der Waals surface area contributed by atoms with E-state index >= 15 is 0 Å². The SMILES string of the molecule is C=C(CCCC1C=CC(C)=CC1)C1=CC2=CCC=CC=C2CC1. The molecule has 0 bridgehead atoms. The summed E-state index contributed by atoms with van der Waals surface area (Å²) in [6.07, 6.45) is 26.7. The lowest BCUT2D eigenvalue weighted by molar-refractivity contribution is 0.561. The molecule has 0 spiro atoms. The van der Waals surface area contributed by atoms with Gasteiger partial charge in [-0.3, -0.25) is 0 Å². The summed E-state index contributed by atoms with van der Waals surface area (Å²) in [5.41, 5.74) is 7.16. The molecule has 23 heavy (non-hydrogen) atoms. The molecule has 0 saturated heterocycles. The van der Waals surface area contributed by atoms with Gasteiger partial charge < -0.3 is 0 Å². The highest BCUT2D eigenvalue weighted by molar-refractivity contribution is 5.51. The minimum absolute atomic E-state index is 0.733. The molecule has 3 rings (SSSR count). The number of allylic oxidation sites excluding steroid dienone is 13. The van der Waals surface area contributed by atoms with E-state index in [0.29, 0.717) is 0 Å². The van der Waals surface area contributed by atoms with Gasteiger partial charge in [-0.15, -0.1) is 0 Å². The predicted molar refractivity (Wildman–Crippen MR) is 101 cm³/mol. The predicted octanol–water partition coefficient (Wildman–Crippen LogP) is 6.77. The maximum atomic E-state index is 4.37. The van der Waals surface area contributed by atoms with Gasteiger partial charge in [0.1, 0.15) is 0 Å². The van der Waals surface area contributed by atoms with Crippen molar-refractivity contribution < 1.29 is 0 Å². The van der Waals surface area contributed by atoms with Crippen molar-refractivity contribution in [1.82, 2.24) is 0 Å². The third-order valence-corrected chi connectivity index (χ3v) is 5.15. The van der Waals surface area contributed by atoms with E-state index in [-0.39, 0.29) is 0 Å². The Morgan fingerprint density at radius 1 is 1.26 bits per heavy atom. The van der Waals surface area contributed by atoms with Crippen molar-refractivity contribution in [2.45, 2.75) is 51.9 Å². The van der Waals surface area contributed by atoms with Crippen molar-refractivity contribution in [2.24, 2.45) is 5.92 Å². The van der Waals surface area contributed by atoms with E-state index in [9.17, 15) is 0 Å². The first kappa shape index (κ1) is 16.1. The highest BCUT2D eigenvalue weighted by Gasteiger charge is 2.15. The highest BCUT2D eigenvalue weighted by atomic mass is 14.2. The molecule has 0 N–H and O–H groups in total. The van der Waals surface area contributed by atoms with Gasteiger partial charge in [-0.05, 0) is 74.5 Å². The average Bonchev–Trinajstić information content (AvgIpc) is 2.81. The molecule has 120 valence electrons. The number of rotatable bonds is 5. The van der Waals surface area contributed by atoms with E-state index in [2.05, 4.69) is 62.1 Å². The Kier molecular flexibility index (Phi) is 5.33. The van der Waals surface area contributed by atoms with Gasteiger partial charge in [0.2, 0.25) is 0 Å². The van der Waals surface area contributed by atoms with Crippen LogP contribution in [0.1, 0.15) is 51.9 Å². The molecular formula is C23H28. The molecule has 3 aliphatic carbocycles. The standard InChI is InChI=1S/C23H28/c1-18-11-13-20(14-12-18)8-6-7-19(2)22-16-15-21-9-4-3-5-10-23(21)17-22/h3-4,9-13,17,20H,2,5-8,14-16H2,1H3. The maximum Gasteiger partial charge on any atom is -0.0157 e. The van der Waals surface area contributed by atoms with Gasteiger partial charge >= 0.3 is 0 Å². The third kappa shape index (κ3) is 4.34. The van der Waals surface area contributed by atoms with Crippen LogP contribution in [-0.4, -0.2) is 0 Å². The van der Waals surface area contributed by atoms with Crippen molar-refractivity contribution in [3.8, 4) is 0 Å². The second-order valence-electron chi connectivity index (χ2n) is 6.98. The largest absolute Gasteiger partial charge is 0.0956 e. The Hall–Kier alpha value is -1.82. The fourth-order valence-electron chi connectivity index (χ4n) is 3.60. The maximum absolute atomic E-state index is 4.37. The van der Waals surface area contributed by atoms with Gasteiger partial charge in [0.25, 0.3) is 0 Å². The summed E-state index contributed by atoms with van der Waals surface area (Å²) in [6, 6.07) is 0. The minimum atomic E-state index is 0.733. The molecule has 0 fully saturated rings. The Balaban J connectivity index is 1.51. The van der Waals surface area contributed by atoms with Gasteiger partial charge in [-0.1, -0.05) is 66.3 Å². The Labute approximate surface area is 141 Å². The summed E-state index contributed by atoms with van der Waals surface area (Å²) in [6.45, 7) is 6.56. The Morgan fingerprint density at radius 2 is 2.17 bits per heavy atom. The number of fused-ring (bicyclic) bond motifs is 1. The number of hydrogen-bond donors (Lipinski definition) is 0. The zero-order valence-corrected chi connectivity index (χ0v) is 14.4. The van der Waals surface area contributed by atoms with Crippen molar-refractivity contribution in [1.29, 1.82) is 0 Å². The third-order valence-electron chi connectivity index (χ3n) is 5.15. The summed E-state index contributed by atoms with van der Waals surface area (Å²) >= 11 is 0. The fraction of sp³-hybridized carbons (Fsp3) is 0.391. The van der Waals surface area contributed by atoms with Gasteiger partial charge in [-0.2, -0.15) is 0 Å². The topological polar surface area (TPSA) is 0 Å². The van der Waals surface area contributed by atoms with Gasteiger partial charge in [-0.25, -0.2) is 0 Å². The number of hydrogen-bond acceptors (Lipinski definition) is 0. The van der Waals surface area contributed by atoms with Crippen LogP contribution in [0.15, 0.2) is 83.1 Å². The monoisotopic (exact) mass is 304 g/mol. The first-order chi connectivity index (χ1) is 11.2. The van der Waals surface area contributed by atoms with Crippen LogP contribution in [0.25, 0.3) is 0 Å². The van der Waals surface area contributed by atoms with E-state index in [0.717, 1.165) is 31.6 Å². The van der Waals surface area contributed by atoms with Crippen molar-refractivity contribution in [3.05, 3.63) is 83.1 Å². The van der Waals surface area contributed by atoms with Crippen LogP contribution in [-0.2, 0) is 0 Å². The molecule has 0 saturated carbocycles. The van der Waals surface area contributed by atoms with E-state index in [1.165, 1.54) is 47.1 Å². The Bertz CT molecular complexity index is 644. The van der Waals surface area contributed by atoms with Gasteiger partial charge in [0.15, 0.2) is 0 Å². The molecule has 0 nitrogen and oxygen atoms in total. The van der Waals surface area contributed by atoms with Crippen LogP contribution in [0, 0.1) is 5.92 Å². The second kappa shape index (κ2) is 7.64. The summed E-state index contributed by atoms with van der Waals surface area (Å²) in [7, 11) is 0. The van der Waals surface area contributed by atoms with E-state index in [1.807, 2.05) is 0 Å². The molecule has 0 heteroatoms. The van der Waals surface area contributed by atoms with Gasteiger partial charge in [0, 0.05) is 0 Å².